The number of phenols is 1. The van der Waals surface area contributed by atoms with Crippen LogP contribution in [0.4, 0.5) is 5.69 Å². The largest absolute Gasteiger partial charge is 0.506 e. The van der Waals surface area contributed by atoms with E-state index in [2.05, 4.69) is 31.4 Å². The molecule has 2 rings (SSSR count). The van der Waals surface area contributed by atoms with E-state index in [4.69, 9.17) is 10.2 Å². The van der Waals surface area contributed by atoms with Crippen molar-refractivity contribution in [2.24, 2.45) is 0 Å². The lowest BCUT2D eigenvalue weighted by molar-refractivity contribution is -0.134. The van der Waals surface area contributed by atoms with Crippen molar-refractivity contribution >= 4 is 17.6 Å². The second kappa shape index (κ2) is 9.38. The molecule has 0 fully saturated rings. The van der Waals surface area contributed by atoms with E-state index < -0.39 is 18.0 Å². The maximum atomic E-state index is 10.5. The lowest BCUT2D eigenvalue weighted by atomic mass is 9.83. The van der Waals surface area contributed by atoms with Gasteiger partial charge in [-0.15, -0.1) is 0 Å². The van der Waals surface area contributed by atoms with Crippen molar-refractivity contribution in [3.05, 3.63) is 35.4 Å². The molecule has 1 aliphatic carbocycles. The van der Waals surface area contributed by atoms with Crippen LogP contribution in [0, 0.1) is 0 Å². The average Bonchev–Trinajstić information content (AvgIpc) is 2.55. The molecule has 0 unspecified atom stereocenters. The quantitative estimate of drug-likeness (QED) is 0.344. The standard InChI is InChI=1S/C15H24N2O2.C4H4O4/c1-15(2,3)17-11-7-5-9-10(14(11)19)6-8-12(18)13(9)16-4;5-3(6)1-2-4(7)8/h6,8,11,14,16-19H,5,7H2,1-4H3;1-2H,(H,5,6)(H,7,8)/b;2-1+/t11-,14-;/m0./s1. The molecule has 150 valence electrons. The number of hydrogen-bond acceptors (Lipinski definition) is 6. The molecule has 1 aromatic rings. The Hall–Kier alpha value is -2.58. The lowest BCUT2D eigenvalue weighted by Crippen LogP contribution is -2.48. The van der Waals surface area contributed by atoms with Crippen molar-refractivity contribution in [2.75, 3.05) is 12.4 Å². The fourth-order valence-electron chi connectivity index (χ4n) is 3.00. The summed E-state index contributed by atoms with van der Waals surface area (Å²) in [5.74, 6) is -2.27. The highest BCUT2D eigenvalue weighted by Gasteiger charge is 2.32. The van der Waals surface area contributed by atoms with E-state index in [-0.39, 0.29) is 17.3 Å². The first kappa shape index (κ1) is 22.5. The van der Waals surface area contributed by atoms with Gasteiger partial charge in [-0.1, -0.05) is 6.07 Å². The average molecular weight is 380 g/mol. The van der Waals surface area contributed by atoms with E-state index in [0.29, 0.717) is 12.2 Å². The number of carbonyl (C=O) groups is 2. The van der Waals surface area contributed by atoms with E-state index in [1.165, 1.54) is 0 Å². The Morgan fingerprint density at radius 1 is 1.15 bits per heavy atom. The fourth-order valence-corrected chi connectivity index (χ4v) is 3.00. The monoisotopic (exact) mass is 380 g/mol. The summed E-state index contributed by atoms with van der Waals surface area (Å²) in [6.07, 6.45) is 2.30. The minimum Gasteiger partial charge on any atom is -0.506 e. The van der Waals surface area contributed by atoms with Crippen LogP contribution in [0.15, 0.2) is 24.3 Å². The van der Waals surface area contributed by atoms with E-state index in [1.807, 2.05) is 6.07 Å². The molecule has 0 heterocycles. The number of aliphatic hydroxyl groups excluding tert-OH is 1. The van der Waals surface area contributed by atoms with Gasteiger partial charge in [-0.2, -0.15) is 0 Å². The topological polar surface area (TPSA) is 139 Å². The smallest absolute Gasteiger partial charge is 0.328 e. The third-order valence-corrected chi connectivity index (χ3v) is 3.97. The maximum Gasteiger partial charge on any atom is 0.328 e. The molecule has 8 nitrogen and oxygen atoms in total. The van der Waals surface area contributed by atoms with Crippen molar-refractivity contribution in [3.8, 4) is 5.75 Å². The number of benzene rings is 1. The van der Waals surface area contributed by atoms with E-state index >= 15 is 0 Å². The Morgan fingerprint density at radius 2 is 1.70 bits per heavy atom. The molecule has 1 aromatic carbocycles. The summed E-state index contributed by atoms with van der Waals surface area (Å²) in [5, 5.41) is 42.5. The number of rotatable bonds is 4. The van der Waals surface area contributed by atoms with Gasteiger partial charge < -0.3 is 31.1 Å². The second-order valence-corrected chi connectivity index (χ2v) is 7.27. The number of nitrogens with one attached hydrogen (secondary N) is 2. The summed E-state index contributed by atoms with van der Waals surface area (Å²) in [5.41, 5.74) is 2.66. The summed E-state index contributed by atoms with van der Waals surface area (Å²) >= 11 is 0. The van der Waals surface area contributed by atoms with Crippen LogP contribution in [0.25, 0.3) is 0 Å². The van der Waals surface area contributed by atoms with Gasteiger partial charge in [0.1, 0.15) is 5.75 Å². The van der Waals surface area contributed by atoms with Gasteiger partial charge in [0.15, 0.2) is 0 Å². The minimum atomic E-state index is -1.26. The van der Waals surface area contributed by atoms with Crippen LogP contribution >= 0.6 is 0 Å². The van der Waals surface area contributed by atoms with Crippen LogP contribution in [-0.2, 0) is 16.0 Å². The van der Waals surface area contributed by atoms with E-state index in [9.17, 15) is 19.8 Å². The highest BCUT2D eigenvalue weighted by molar-refractivity contribution is 5.89. The normalized spacial score (nSPS) is 19.0. The van der Waals surface area contributed by atoms with Gasteiger partial charge in [-0.05, 0) is 50.8 Å². The van der Waals surface area contributed by atoms with Gasteiger partial charge >= 0.3 is 11.9 Å². The molecule has 6 N–H and O–H groups in total. The number of aliphatic carboxylic acids is 2. The predicted molar refractivity (Wildman–Crippen MR) is 102 cm³/mol. The molecule has 0 saturated heterocycles. The van der Waals surface area contributed by atoms with Crippen LogP contribution in [0.5, 0.6) is 5.75 Å². The summed E-state index contributed by atoms with van der Waals surface area (Å²) < 4.78 is 0. The third kappa shape index (κ3) is 6.92. The van der Waals surface area contributed by atoms with Gasteiger partial charge in [-0.25, -0.2) is 9.59 Å². The molecule has 0 radical (unpaired) electrons. The number of carboxylic acids is 2. The van der Waals surface area contributed by atoms with Crippen molar-refractivity contribution < 1.29 is 30.0 Å². The van der Waals surface area contributed by atoms with Crippen LogP contribution < -0.4 is 10.6 Å². The Morgan fingerprint density at radius 3 is 2.15 bits per heavy atom. The predicted octanol–water partition coefficient (Wildman–Crippen LogP) is 1.88. The van der Waals surface area contributed by atoms with Gasteiger partial charge in [0, 0.05) is 30.8 Å². The first-order valence-electron chi connectivity index (χ1n) is 8.58. The molecular weight excluding hydrogens is 352 g/mol. The van der Waals surface area contributed by atoms with Crippen LogP contribution in [0.1, 0.15) is 44.4 Å². The molecular formula is C19H28N2O6. The van der Waals surface area contributed by atoms with Gasteiger partial charge in [0.05, 0.1) is 11.8 Å². The fraction of sp³-hybridized carbons (Fsp3) is 0.474. The van der Waals surface area contributed by atoms with E-state index in [0.717, 1.165) is 29.7 Å². The molecule has 27 heavy (non-hydrogen) atoms. The molecule has 0 bridgehead atoms. The van der Waals surface area contributed by atoms with Crippen molar-refractivity contribution in [2.45, 2.75) is 51.3 Å². The first-order valence-corrected chi connectivity index (χ1v) is 8.58. The highest BCUT2D eigenvalue weighted by Crippen LogP contribution is 2.39. The molecule has 8 heteroatoms. The number of anilines is 1. The maximum absolute atomic E-state index is 10.5. The molecule has 0 aromatic heterocycles. The minimum absolute atomic E-state index is 0.0219. The number of fused-ring (bicyclic) bond motifs is 1. The number of hydrogen-bond donors (Lipinski definition) is 6. The zero-order valence-electron chi connectivity index (χ0n) is 16.0. The number of aromatic hydroxyl groups is 1. The molecule has 0 amide bonds. The third-order valence-electron chi connectivity index (χ3n) is 3.97. The number of carboxylic acid groups (broad SMARTS) is 2. The summed E-state index contributed by atoms with van der Waals surface area (Å²) in [7, 11) is 1.79. The zero-order chi connectivity index (χ0) is 20.8. The Kier molecular flexibility index (Phi) is 7.81. The van der Waals surface area contributed by atoms with Crippen LogP contribution in [-0.4, -0.2) is 51.0 Å². The van der Waals surface area contributed by atoms with Gasteiger partial charge in [-0.3, -0.25) is 0 Å². The highest BCUT2D eigenvalue weighted by atomic mass is 16.4. The molecule has 0 saturated carbocycles. The number of aliphatic hydroxyl groups is 1. The summed E-state index contributed by atoms with van der Waals surface area (Å²) in [4.78, 5) is 19.1. The van der Waals surface area contributed by atoms with Gasteiger partial charge in [0.2, 0.25) is 0 Å². The molecule has 2 atom stereocenters. The Labute approximate surface area is 158 Å². The van der Waals surface area contributed by atoms with Gasteiger partial charge in [0.25, 0.3) is 0 Å². The van der Waals surface area contributed by atoms with Crippen molar-refractivity contribution in [1.29, 1.82) is 0 Å². The van der Waals surface area contributed by atoms with E-state index in [1.54, 1.807) is 13.1 Å². The summed E-state index contributed by atoms with van der Waals surface area (Å²) in [6.45, 7) is 6.31. The SMILES string of the molecule is CNc1c(O)ccc2c1CC[C@H](NC(C)(C)C)[C@H]2O.O=C(O)/C=C/C(=O)O. The Balaban J connectivity index is 0.000000387. The van der Waals surface area contributed by atoms with Crippen molar-refractivity contribution in [3.63, 3.8) is 0 Å². The van der Waals surface area contributed by atoms with Crippen LogP contribution in [0.3, 0.4) is 0 Å². The molecule has 1 aliphatic rings. The zero-order valence-corrected chi connectivity index (χ0v) is 16.0. The Bertz CT molecular complexity index is 693. The molecule has 0 aliphatic heterocycles. The lowest BCUT2D eigenvalue weighted by Gasteiger charge is -2.36. The second-order valence-electron chi connectivity index (χ2n) is 7.27. The number of phenolic OH excluding ortho intramolecular Hbond substituents is 1. The first-order chi connectivity index (χ1) is 12.5. The van der Waals surface area contributed by atoms with Crippen molar-refractivity contribution in [1.82, 2.24) is 5.32 Å². The summed E-state index contributed by atoms with van der Waals surface area (Å²) in [6, 6.07) is 3.53. The van der Waals surface area contributed by atoms with Crippen LogP contribution in [0.2, 0.25) is 0 Å². The molecule has 0 spiro atoms.